The Morgan fingerprint density at radius 3 is 2.94 bits per heavy atom. The van der Waals surface area contributed by atoms with E-state index in [0.29, 0.717) is 5.92 Å². The summed E-state index contributed by atoms with van der Waals surface area (Å²) < 4.78 is 3.87. The summed E-state index contributed by atoms with van der Waals surface area (Å²) in [6.45, 7) is 3.05. The molecule has 0 bridgehead atoms. The molecular formula is C12H18N6. The Bertz CT molecular complexity index is 528. The van der Waals surface area contributed by atoms with Crippen molar-refractivity contribution < 1.29 is 0 Å². The summed E-state index contributed by atoms with van der Waals surface area (Å²) in [7, 11) is 3.96. The largest absolute Gasteiger partial charge is 0.338 e. The Balaban J connectivity index is 1.63. The van der Waals surface area contributed by atoms with Gasteiger partial charge in [0.25, 0.3) is 0 Å². The van der Waals surface area contributed by atoms with E-state index in [1.807, 2.05) is 25.6 Å². The SMILES string of the molecule is Cn1cc(CN2CCC(c3nccn3C)C2)nn1. The monoisotopic (exact) mass is 246 g/mol. The van der Waals surface area contributed by atoms with Crippen molar-refractivity contribution in [2.75, 3.05) is 13.1 Å². The molecule has 3 rings (SSSR count). The number of aryl methyl sites for hydroxylation is 2. The maximum absolute atomic E-state index is 4.45. The van der Waals surface area contributed by atoms with Crippen LogP contribution in [0.15, 0.2) is 18.6 Å². The van der Waals surface area contributed by atoms with Gasteiger partial charge in [0.2, 0.25) is 0 Å². The number of likely N-dealkylation sites (tertiary alicyclic amines) is 1. The van der Waals surface area contributed by atoms with Crippen LogP contribution in [0, 0.1) is 0 Å². The van der Waals surface area contributed by atoms with E-state index in [0.717, 1.165) is 25.3 Å². The minimum absolute atomic E-state index is 0.543. The fourth-order valence-electron chi connectivity index (χ4n) is 2.65. The number of rotatable bonds is 3. The first-order valence-corrected chi connectivity index (χ1v) is 6.27. The standard InChI is InChI=1S/C12H18N6/c1-16-6-4-13-12(16)10-3-5-18(7-10)9-11-8-17(2)15-14-11/h4,6,8,10H,3,5,7,9H2,1-2H3. The van der Waals surface area contributed by atoms with E-state index in [9.17, 15) is 0 Å². The van der Waals surface area contributed by atoms with Crippen LogP contribution >= 0.6 is 0 Å². The van der Waals surface area contributed by atoms with Crippen LogP contribution in [-0.4, -0.2) is 42.5 Å². The van der Waals surface area contributed by atoms with E-state index >= 15 is 0 Å². The summed E-state index contributed by atoms with van der Waals surface area (Å²) in [6.07, 6.45) is 7.04. The first-order chi connectivity index (χ1) is 8.72. The average molecular weight is 246 g/mol. The maximum Gasteiger partial charge on any atom is 0.112 e. The van der Waals surface area contributed by atoms with E-state index in [1.165, 1.54) is 12.2 Å². The van der Waals surface area contributed by atoms with Gasteiger partial charge in [-0.15, -0.1) is 5.10 Å². The van der Waals surface area contributed by atoms with E-state index in [2.05, 4.69) is 31.8 Å². The molecule has 0 radical (unpaired) electrons. The topological polar surface area (TPSA) is 51.8 Å². The van der Waals surface area contributed by atoms with Crippen LogP contribution in [0.25, 0.3) is 0 Å². The van der Waals surface area contributed by atoms with Crippen LogP contribution in [0.2, 0.25) is 0 Å². The molecule has 0 aliphatic carbocycles. The lowest BCUT2D eigenvalue weighted by atomic mass is 10.1. The minimum Gasteiger partial charge on any atom is -0.338 e. The molecule has 18 heavy (non-hydrogen) atoms. The van der Waals surface area contributed by atoms with Crippen molar-refractivity contribution in [1.29, 1.82) is 0 Å². The van der Waals surface area contributed by atoms with Gasteiger partial charge in [0, 0.05) is 51.7 Å². The Morgan fingerprint density at radius 1 is 1.39 bits per heavy atom. The van der Waals surface area contributed by atoms with Crippen LogP contribution < -0.4 is 0 Å². The predicted molar refractivity (Wildman–Crippen MR) is 66.8 cm³/mol. The summed E-state index contributed by atoms with van der Waals surface area (Å²) in [5.41, 5.74) is 1.04. The van der Waals surface area contributed by atoms with Crippen molar-refractivity contribution in [2.24, 2.45) is 14.1 Å². The van der Waals surface area contributed by atoms with Crippen LogP contribution in [0.1, 0.15) is 23.9 Å². The number of imidazole rings is 1. The predicted octanol–water partition coefficient (Wildman–Crippen LogP) is 0.538. The molecule has 0 saturated carbocycles. The van der Waals surface area contributed by atoms with Crippen LogP contribution in [0.3, 0.4) is 0 Å². The molecule has 0 spiro atoms. The van der Waals surface area contributed by atoms with Gasteiger partial charge in [-0.05, 0) is 13.0 Å². The molecule has 1 fully saturated rings. The highest BCUT2D eigenvalue weighted by Crippen LogP contribution is 2.26. The van der Waals surface area contributed by atoms with Gasteiger partial charge < -0.3 is 4.57 Å². The first-order valence-electron chi connectivity index (χ1n) is 6.27. The van der Waals surface area contributed by atoms with Crippen LogP contribution in [0.4, 0.5) is 0 Å². The quantitative estimate of drug-likeness (QED) is 0.793. The second kappa shape index (κ2) is 4.53. The molecule has 2 aromatic rings. The van der Waals surface area contributed by atoms with Gasteiger partial charge in [-0.3, -0.25) is 9.58 Å². The van der Waals surface area contributed by atoms with Gasteiger partial charge in [0.1, 0.15) is 5.82 Å². The molecular weight excluding hydrogens is 228 g/mol. The highest BCUT2D eigenvalue weighted by Gasteiger charge is 2.26. The van der Waals surface area contributed by atoms with Crippen LogP contribution in [0.5, 0.6) is 0 Å². The van der Waals surface area contributed by atoms with E-state index in [-0.39, 0.29) is 0 Å². The van der Waals surface area contributed by atoms with Crippen molar-refractivity contribution in [3.8, 4) is 0 Å². The molecule has 2 aromatic heterocycles. The zero-order chi connectivity index (χ0) is 12.5. The molecule has 6 nitrogen and oxygen atoms in total. The molecule has 0 aromatic carbocycles. The summed E-state index contributed by atoms with van der Waals surface area (Å²) in [5, 5.41) is 8.10. The molecule has 0 amide bonds. The van der Waals surface area contributed by atoms with E-state index in [4.69, 9.17) is 0 Å². The normalized spacial score (nSPS) is 20.7. The van der Waals surface area contributed by atoms with Crippen molar-refractivity contribution >= 4 is 0 Å². The lowest BCUT2D eigenvalue weighted by Crippen LogP contribution is -2.20. The van der Waals surface area contributed by atoms with Gasteiger partial charge in [0.15, 0.2) is 0 Å². The molecule has 1 aliphatic rings. The van der Waals surface area contributed by atoms with Crippen molar-refractivity contribution in [1.82, 2.24) is 29.4 Å². The van der Waals surface area contributed by atoms with Crippen molar-refractivity contribution in [3.63, 3.8) is 0 Å². The van der Waals surface area contributed by atoms with Crippen molar-refractivity contribution in [3.05, 3.63) is 30.1 Å². The third kappa shape index (κ3) is 2.15. The van der Waals surface area contributed by atoms with E-state index < -0.39 is 0 Å². The second-order valence-corrected chi connectivity index (χ2v) is 5.00. The fraction of sp³-hybridized carbons (Fsp3) is 0.583. The maximum atomic E-state index is 4.45. The molecule has 1 atom stereocenters. The third-order valence-corrected chi connectivity index (χ3v) is 3.53. The summed E-state index contributed by atoms with van der Waals surface area (Å²) >= 11 is 0. The van der Waals surface area contributed by atoms with E-state index in [1.54, 1.807) is 4.68 Å². The van der Waals surface area contributed by atoms with Crippen molar-refractivity contribution in [2.45, 2.75) is 18.9 Å². The number of hydrogen-bond donors (Lipinski definition) is 0. The summed E-state index contributed by atoms with van der Waals surface area (Å²) in [6, 6.07) is 0. The Kier molecular flexibility index (Phi) is 2.87. The Morgan fingerprint density at radius 2 is 2.28 bits per heavy atom. The zero-order valence-corrected chi connectivity index (χ0v) is 10.8. The molecule has 1 unspecified atom stereocenters. The average Bonchev–Trinajstić information content (AvgIpc) is 3.02. The summed E-state index contributed by atoms with van der Waals surface area (Å²) in [5.74, 6) is 1.73. The van der Waals surface area contributed by atoms with Crippen LogP contribution in [-0.2, 0) is 20.6 Å². The number of hydrogen-bond acceptors (Lipinski definition) is 4. The zero-order valence-electron chi connectivity index (χ0n) is 10.8. The molecule has 1 aliphatic heterocycles. The number of nitrogens with zero attached hydrogens (tertiary/aromatic N) is 6. The third-order valence-electron chi connectivity index (χ3n) is 3.53. The highest BCUT2D eigenvalue weighted by molar-refractivity contribution is 5.04. The van der Waals surface area contributed by atoms with Gasteiger partial charge in [0.05, 0.1) is 5.69 Å². The minimum atomic E-state index is 0.543. The first kappa shape index (κ1) is 11.4. The molecule has 6 heteroatoms. The highest BCUT2D eigenvalue weighted by atomic mass is 15.4. The smallest absolute Gasteiger partial charge is 0.112 e. The Hall–Kier alpha value is -1.69. The van der Waals surface area contributed by atoms with Gasteiger partial charge in [-0.2, -0.15) is 0 Å². The molecule has 3 heterocycles. The van der Waals surface area contributed by atoms with Gasteiger partial charge in [-0.25, -0.2) is 4.98 Å². The molecule has 96 valence electrons. The lowest BCUT2D eigenvalue weighted by Gasteiger charge is -2.14. The summed E-state index contributed by atoms with van der Waals surface area (Å²) in [4.78, 5) is 6.87. The number of aromatic nitrogens is 5. The molecule has 1 saturated heterocycles. The fourth-order valence-corrected chi connectivity index (χ4v) is 2.65. The Labute approximate surface area is 106 Å². The van der Waals surface area contributed by atoms with Gasteiger partial charge in [-0.1, -0.05) is 5.21 Å². The molecule has 0 N–H and O–H groups in total. The second-order valence-electron chi connectivity index (χ2n) is 5.00. The van der Waals surface area contributed by atoms with Gasteiger partial charge >= 0.3 is 0 Å². The lowest BCUT2D eigenvalue weighted by molar-refractivity contribution is 0.321.